The minimum Gasteiger partial charge on any atom is -0.398 e. The van der Waals surface area contributed by atoms with Crippen LogP contribution in [0.15, 0.2) is 18.2 Å². The molecule has 1 saturated heterocycles. The van der Waals surface area contributed by atoms with Crippen molar-refractivity contribution in [3.63, 3.8) is 0 Å². The van der Waals surface area contributed by atoms with Crippen molar-refractivity contribution in [1.29, 1.82) is 5.26 Å². The number of nitrogens with two attached hydrogens (primary N) is 1. The van der Waals surface area contributed by atoms with Crippen molar-refractivity contribution in [2.24, 2.45) is 5.92 Å². The van der Waals surface area contributed by atoms with Gasteiger partial charge in [0.15, 0.2) is 0 Å². The molecule has 1 aromatic rings. The average molecular weight is 258 g/mol. The summed E-state index contributed by atoms with van der Waals surface area (Å²) in [5, 5.41) is 8.81. The molecule has 0 amide bonds. The molecule has 2 N–H and O–H groups in total. The predicted molar refractivity (Wildman–Crippen MR) is 79.0 cm³/mol. The Kier molecular flexibility index (Phi) is 4.28. The fourth-order valence-corrected chi connectivity index (χ4v) is 2.74. The zero-order valence-electron chi connectivity index (χ0n) is 11.8. The molecule has 1 fully saturated rings. The van der Waals surface area contributed by atoms with Crippen molar-refractivity contribution in [3.8, 4) is 6.07 Å². The van der Waals surface area contributed by atoms with E-state index in [1.54, 1.807) is 0 Å². The third-order valence-electron chi connectivity index (χ3n) is 3.86. The minimum atomic E-state index is 0.375. The van der Waals surface area contributed by atoms with E-state index < -0.39 is 0 Å². The number of nitrogen functional groups attached to an aromatic ring is 1. The third kappa shape index (κ3) is 3.39. The Morgan fingerprint density at radius 3 is 2.95 bits per heavy atom. The lowest BCUT2D eigenvalue weighted by molar-refractivity contribution is 0.396. The molecule has 1 aromatic carbocycles. The van der Waals surface area contributed by atoms with Crippen LogP contribution in [0.2, 0.25) is 0 Å². The molecule has 102 valence electrons. The first kappa shape index (κ1) is 13.7. The summed E-state index contributed by atoms with van der Waals surface area (Å²) in [7, 11) is 4.29. The highest BCUT2D eigenvalue weighted by atomic mass is 15.1. The van der Waals surface area contributed by atoms with E-state index in [0.29, 0.717) is 12.1 Å². The van der Waals surface area contributed by atoms with Crippen LogP contribution in [0.25, 0.3) is 0 Å². The lowest BCUT2D eigenvalue weighted by atomic mass is 10.1. The molecule has 0 radical (unpaired) electrons. The van der Waals surface area contributed by atoms with Crippen LogP contribution in [0.5, 0.6) is 0 Å². The number of anilines is 2. The summed E-state index contributed by atoms with van der Waals surface area (Å²) >= 11 is 0. The van der Waals surface area contributed by atoms with Crippen molar-refractivity contribution in [2.75, 3.05) is 44.4 Å². The summed E-state index contributed by atoms with van der Waals surface area (Å²) in [5.74, 6) is 0.729. The Labute approximate surface area is 115 Å². The van der Waals surface area contributed by atoms with Gasteiger partial charge in [-0.1, -0.05) is 0 Å². The van der Waals surface area contributed by atoms with E-state index in [-0.39, 0.29) is 0 Å². The van der Waals surface area contributed by atoms with Crippen molar-refractivity contribution in [3.05, 3.63) is 23.8 Å². The first-order chi connectivity index (χ1) is 9.10. The number of likely N-dealkylation sites (tertiary alicyclic amines) is 1. The van der Waals surface area contributed by atoms with Gasteiger partial charge in [0.25, 0.3) is 0 Å². The number of nitriles is 1. The highest BCUT2D eigenvalue weighted by molar-refractivity contribution is 5.59. The molecule has 2 rings (SSSR count). The molecule has 1 aliphatic rings. The lowest BCUT2D eigenvalue weighted by Crippen LogP contribution is -2.27. The highest BCUT2D eigenvalue weighted by Gasteiger charge is 2.21. The van der Waals surface area contributed by atoms with Gasteiger partial charge >= 0.3 is 0 Å². The average Bonchev–Trinajstić information content (AvgIpc) is 2.77. The second-order valence-corrected chi connectivity index (χ2v) is 5.52. The molecule has 0 bridgehead atoms. The maximum atomic E-state index is 8.81. The quantitative estimate of drug-likeness (QED) is 0.836. The summed E-state index contributed by atoms with van der Waals surface area (Å²) in [6.07, 6.45) is 1.64. The van der Waals surface area contributed by atoms with Gasteiger partial charge < -0.3 is 15.5 Å². The summed E-state index contributed by atoms with van der Waals surface area (Å²) in [6.45, 7) is 3.42. The van der Waals surface area contributed by atoms with Crippen molar-refractivity contribution >= 4 is 11.4 Å². The normalized spacial score (nSPS) is 19.3. The maximum absolute atomic E-state index is 8.81. The number of benzene rings is 1. The largest absolute Gasteiger partial charge is 0.398 e. The van der Waals surface area contributed by atoms with E-state index in [9.17, 15) is 0 Å². The molecular formula is C15H22N4. The molecule has 0 spiro atoms. The van der Waals surface area contributed by atoms with Crippen molar-refractivity contribution in [1.82, 2.24) is 4.90 Å². The summed E-state index contributed by atoms with van der Waals surface area (Å²) in [4.78, 5) is 4.65. The summed E-state index contributed by atoms with van der Waals surface area (Å²) in [5.41, 5.74) is 8.66. The first-order valence-corrected chi connectivity index (χ1v) is 6.75. The topological polar surface area (TPSA) is 56.3 Å². The van der Waals surface area contributed by atoms with Gasteiger partial charge in [-0.15, -0.1) is 0 Å². The van der Waals surface area contributed by atoms with Crippen LogP contribution < -0.4 is 10.6 Å². The lowest BCUT2D eigenvalue weighted by Gasteiger charge is -2.24. The number of hydrogen-bond donors (Lipinski definition) is 1. The Bertz CT molecular complexity index is 478. The van der Waals surface area contributed by atoms with Crippen LogP contribution >= 0.6 is 0 Å². The molecule has 1 aliphatic heterocycles. The zero-order chi connectivity index (χ0) is 13.8. The van der Waals surface area contributed by atoms with Gasteiger partial charge in [0.05, 0.1) is 12.5 Å². The van der Waals surface area contributed by atoms with Gasteiger partial charge in [0.1, 0.15) is 0 Å². The molecule has 4 nitrogen and oxygen atoms in total. The zero-order valence-corrected chi connectivity index (χ0v) is 11.8. The molecule has 1 atom stereocenters. The summed E-state index contributed by atoms with van der Waals surface area (Å²) in [6, 6.07) is 8.14. The van der Waals surface area contributed by atoms with E-state index in [1.165, 1.54) is 19.5 Å². The number of nitrogens with zero attached hydrogens (tertiary/aromatic N) is 3. The highest BCUT2D eigenvalue weighted by Crippen LogP contribution is 2.23. The van der Waals surface area contributed by atoms with Crippen molar-refractivity contribution < 1.29 is 0 Å². The fraction of sp³-hybridized carbons (Fsp3) is 0.533. The van der Waals surface area contributed by atoms with Gasteiger partial charge in [0, 0.05) is 31.5 Å². The molecular weight excluding hydrogens is 236 g/mol. The van der Waals surface area contributed by atoms with E-state index >= 15 is 0 Å². The standard InChI is InChI=1S/C15H22N4/c1-18-8-6-12(10-18)11-19(2)14-3-4-15(17)13(9-14)5-7-16/h3-4,9,12H,5-6,8,10-11,17H2,1-2H3. The predicted octanol–water partition coefficient (Wildman–Crippen LogP) is 1.72. The molecule has 0 saturated carbocycles. The van der Waals surface area contributed by atoms with Crippen LogP contribution in [-0.2, 0) is 6.42 Å². The Morgan fingerprint density at radius 1 is 1.53 bits per heavy atom. The van der Waals surface area contributed by atoms with E-state index in [4.69, 9.17) is 11.0 Å². The van der Waals surface area contributed by atoms with Crippen LogP contribution in [0.4, 0.5) is 11.4 Å². The van der Waals surface area contributed by atoms with Gasteiger partial charge in [0.2, 0.25) is 0 Å². The van der Waals surface area contributed by atoms with E-state index in [0.717, 1.165) is 23.7 Å². The number of hydrogen-bond acceptors (Lipinski definition) is 4. The monoisotopic (exact) mass is 258 g/mol. The van der Waals surface area contributed by atoms with E-state index in [2.05, 4.69) is 30.0 Å². The van der Waals surface area contributed by atoms with Gasteiger partial charge in [-0.25, -0.2) is 0 Å². The molecule has 4 heteroatoms. The minimum absolute atomic E-state index is 0.375. The van der Waals surface area contributed by atoms with Gasteiger partial charge in [-0.05, 0) is 49.7 Å². The SMILES string of the molecule is CN1CCC(CN(C)c2ccc(N)c(CC#N)c2)C1. The van der Waals surface area contributed by atoms with Crippen LogP contribution in [0, 0.1) is 17.2 Å². The van der Waals surface area contributed by atoms with Crippen LogP contribution in [0.1, 0.15) is 12.0 Å². The first-order valence-electron chi connectivity index (χ1n) is 6.75. The Balaban J connectivity index is 2.04. The summed E-state index contributed by atoms with van der Waals surface area (Å²) < 4.78 is 0. The molecule has 1 unspecified atom stereocenters. The Hall–Kier alpha value is -1.73. The second kappa shape index (κ2) is 5.94. The fourth-order valence-electron chi connectivity index (χ4n) is 2.74. The Morgan fingerprint density at radius 2 is 2.32 bits per heavy atom. The van der Waals surface area contributed by atoms with Gasteiger partial charge in [-0.2, -0.15) is 5.26 Å². The molecule has 1 heterocycles. The van der Waals surface area contributed by atoms with E-state index in [1.807, 2.05) is 18.2 Å². The molecule has 0 aliphatic carbocycles. The van der Waals surface area contributed by atoms with Crippen LogP contribution in [-0.4, -0.2) is 38.6 Å². The third-order valence-corrected chi connectivity index (χ3v) is 3.86. The second-order valence-electron chi connectivity index (χ2n) is 5.52. The molecule has 19 heavy (non-hydrogen) atoms. The number of rotatable bonds is 4. The molecule has 0 aromatic heterocycles. The maximum Gasteiger partial charge on any atom is 0.0670 e. The smallest absolute Gasteiger partial charge is 0.0670 e. The van der Waals surface area contributed by atoms with Crippen LogP contribution in [0.3, 0.4) is 0 Å². The van der Waals surface area contributed by atoms with Crippen molar-refractivity contribution in [2.45, 2.75) is 12.8 Å². The van der Waals surface area contributed by atoms with Gasteiger partial charge in [-0.3, -0.25) is 0 Å².